The maximum Gasteiger partial charge on any atom is 0.229 e. The minimum Gasteiger partial charge on any atom is -0.497 e. The van der Waals surface area contributed by atoms with Crippen molar-refractivity contribution in [2.75, 3.05) is 44.1 Å². The molecule has 0 N–H and O–H groups in total. The van der Waals surface area contributed by atoms with Crippen molar-refractivity contribution >= 4 is 23.3 Å². The zero-order valence-corrected chi connectivity index (χ0v) is 16.7. The molecule has 1 aliphatic heterocycles. The Hall–Kier alpha value is -2.34. The van der Waals surface area contributed by atoms with Crippen molar-refractivity contribution in [2.24, 2.45) is 5.41 Å². The van der Waals surface area contributed by atoms with E-state index in [0.29, 0.717) is 19.0 Å². The molecule has 1 fully saturated rings. The highest BCUT2D eigenvalue weighted by Crippen LogP contribution is 2.24. The third-order valence-electron chi connectivity index (χ3n) is 4.82. The monoisotopic (exact) mass is 388 g/mol. The molecule has 0 unspecified atom stereocenters. The third kappa shape index (κ3) is 4.33. The molecule has 1 saturated heterocycles. The number of piperazine rings is 1. The van der Waals surface area contributed by atoms with E-state index >= 15 is 0 Å². The Morgan fingerprint density at radius 3 is 2.48 bits per heavy atom. The van der Waals surface area contributed by atoms with Crippen molar-refractivity contribution in [2.45, 2.75) is 13.8 Å². The Morgan fingerprint density at radius 1 is 1.15 bits per heavy atom. The summed E-state index contributed by atoms with van der Waals surface area (Å²) < 4.78 is 5.26. The van der Waals surface area contributed by atoms with Crippen LogP contribution in [0.3, 0.4) is 0 Å². The SMILES string of the molecule is COc1cccc(-c2ccc(N3CCN(C(=O)C(C)(C)CCl)CC3)nn2)c1. The summed E-state index contributed by atoms with van der Waals surface area (Å²) in [6, 6.07) is 11.7. The van der Waals surface area contributed by atoms with Gasteiger partial charge in [0.05, 0.1) is 18.2 Å². The molecule has 2 aromatic rings. The number of carbonyl (C=O) groups excluding carboxylic acids is 1. The van der Waals surface area contributed by atoms with Crippen LogP contribution < -0.4 is 9.64 Å². The molecular weight excluding hydrogens is 364 g/mol. The van der Waals surface area contributed by atoms with Crippen LogP contribution in [-0.2, 0) is 4.79 Å². The Balaban J connectivity index is 1.64. The summed E-state index contributed by atoms with van der Waals surface area (Å²) in [5, 5.41) is 8.74. The minimum absolute atomic E-state index is 0.108. The van der Waals surface area contributed by atoms with Gasteiger partial charge in [-0.25, -0.2) is 0 Å². The summed E-state index contributed by atoms with van der Waals surface area (Å²) in [5.41, 5.74) is 1.24. The number of rotatable bonds is 5. The smallest absolute Gasteiger partial charge is 0.229 e. The lowest BCUT2D eigenvalue weighted by Gasteiger charge is -2.38. The van der Waals surface area contributed by atoms with Crippen LogP contribution in [0, 0.1) is 5.41 Å². The summed E-state index contributed by atoms with van der Waals surface area (Å²) in [6.07, 6.45) is 0. The predicted molar refractivity (Wildman–Crippen MR) is 107 cm³/mol. The molecule has 0 spiro atoms. The van der Waals surface area contributed by atoms with E-state index < -0.39 is 5.41 Å². The van der Waals surface area contributed by atoms with Crippen LogP contribution >= 0.6 is 11.6 Å². The highest BCUT2D eigenvalue weighted by Gasteiger charge is 2.33. The van der Waals surface area contributed by atoms with Gasteiger partial charge in [0.25, 0.3) is 0 Å². The number of nitrogens with zero attached hydrogens (tertiary/aromatic N) is 4. The zero-order valence-electron chi connectivity index (χ0n) is 16.0. The quantitative estimate of drug-likeness (QED) is 0.737. The van der Waals surface area contributed by atoms with Crippen LogP contribution in [0.2, 0.25) is 0 Å². The zero-order chi connectivity index (χ0) is 19.4. The molecule has 0 aliphatic carbocycles. The van der Waals surface area contributed by atoms with Crippen molar-refractivity contribution < 1.29 is 9.53 Å². The topological polar surface area (TPSA) is 58.6 Å². The van der Waals surface area contributed by atoms with Gasteiger partial charge in [-0.15, -0.1) is 21.8 Å². The number of carbonyl (C=O) groups is 1. The van der Waals surface area contributed by atoms with Gasteiger partial charge in [-0.1, -0.05) is 12.1 Å². The average molecular weight is 389 g/mol. The first-order valence-corrected chi connectivity index (χ1v) is 9.56. The first-order chi connectivity index (χ1) is 12.9. The van der Waals surface area contributed by atoms with Crippen molar-refractivity contribution in [3.05, 3.63) is 36.4 Å². The summed E-state index contributed by atoms with van der Waals surface area (Å²) in [4.78, 5) is 16.6. The Labute approximate surface area is 165 Å². The van der Waals surface area contributed by atoms with Crippen LogP contribution in [0.4, 0.5) is 5.82 Å². The molecule has 1 aliphatic rings. The second kappa shape index (κ2) is 8.13. The standard InChI is InChI=1S/C20H25ClN4O2/c1-20(2,14-21)19(26)25-11-9-24(10-12-25)18-8-7-17(22-23-18)15-5-4-6-16(13-15)27-3/h4-8,13H,9-12,14H2,1-3H3. The maximum atomic E-state index is 12.5. The lowest BCUT2D eigenvalue weighted by Crippen LogP contribution is -2.52. The van der Waals surface area contributed by atoms with Gasteiger partial charge in [0, 0.05) is 37.6 Å². The number of aromatic nitrogens is 2. The van der Waals surface area contributed by atoms with E-state index in [1.165, 1.54) is 0 Å². The number of amides is 1. The minimum atomic E-state index is -0.526. The van der Waals surface area contributed by atoms with Crippen molar-refractivity contribution in [3.8, 4) is 17.0 Å². The molecule has 0 atom stereocenters. The molecule has 27 heavy (non-hydrogen) atoms. The second-order valence-corrected chi connectivity index (χ2v) is 7.57. The predicted octanol–water partition coefficient (Wildman–Crippen LogP) is 3.07. The molecule has 0 saturated carbocycles. The summed E-state index contributed by atoms with van der Waals surface area (Å²) in [6.45, 7) is 6.57. The normalized spacial score (nSPS) is 15.0. The molecule has 144 valence electrons. The van der Waals surface area contributed by atoms with E-state index in [9.17, 15) is 4.79 Å². The number of alkyl halides is 1. The van der Waals surface area contributed by atoms with Gasteiger partial charge in [0.2, 0.25) is 5.91 Å². The Bertz CT molecular complexity index is 787. The average Bonchev–Trinajstić information content (AvgIpc) is 2.73. The van der Waals surface area contributed by atoms with Gasteiger partial charge in [-0.3, -0.25) is 4.79 Å². The fourth-order valence-electron chi connectivity index (χ4n) is 3.05. The van der Waals surface area contributed by atoms with Crippen LogP contribution in [0.25, 0.3) is 11.3 Å². The molecule has 2 heterocycles. The molecule has 0 bridgehead atoms. The number of benzene rings is 1. The number of methoxy groups -OCH3 is 1. The molecule has 1 aromatic carbocycles. The summed E-state index contributed by atoms with van der Waals surface area (Å²) in [5.74, 6) is 2.05. The van der Waals surface area contributed by atoms with Gasteiger partial charge >= 0.3 is 0 Å². The Morgan fingerprint density at radius 2 is 1.89 bits per heavy atom. The molecular formula is C20H25ClN4O2. The van der Waals surface area contributed by atoms with Gasteiger partial charge in [0.15, 0.2) is 5.82 Å². The van der Waals surface area contributed by atoms with Crippen molar-refractivity contribution in [1.82, 2.24) is 15.1 Å². The number of hydrogen-bond donors (Lipinski definition) is 0. The van der Waals surface area contributed by atoms with Gasteiger partial charge in [0.1, 0.15) is 5.75 Å². The lowest BCUT2D eigenvalue weighted by molar-refractivity contribution is -0.139. The maximum absolute atomic E-state index is 12.5. The molecule has 1 amide bonds. The van der Waals surface area contributed by atoms with Crippen LogP contribution in [0.5, 0.6) is 5.75 Å². The van der Waals surface area contributed by atoms with E-state index in [2.05, 4.69) is 15.1 Å². The van der Waals surface area contributed by atoms with Crippen molar-refractivity contribution in [1.29, 1.82) is 0 Å². The highest BCUT2D eigenvalue weighted by atomic mass is 35.5. The van der Waals surface area contributed by atoms with Gasteiger partial charge in [-0.2, -0.15) is 0 Å². The first-order valence-electron chi connectivity index (χ1n) is 9.03. The van der Waals surface area contributed by atoms with Crippen LogP contribution in [0.1, 0.15) is 13.8 Å². The summed E-state index contributed by atoms with van der Waals surface area (Å²) >= 11 is 5.93. The fraction of sp³-hybridized carbons (Fsp3) is 0.450. The number of anilines is 1. The molecule has 7 heteroatoms. The van der Waals surface area contributed by atoms with Crippen molar-refractivity contribution in [3.63, 3.8) is 0 Å². The number of halogens is 1. The first kappa shape index (κ1) is 19.4. The van der Waals surface area contributed by atoms with Crippen LogP contribution in [0.15, 0.2) is 36.4 Å². The largest absolute Gasteiger partial charge is 0.497 e. The highest BCUT2D eigenvalue weighted by molar-refractivity contribution is 6.19. The number of hydrogen-bond acceptors (Lipinski definition) is 5. The molecule has 3 rings (SSSR count). The fourth-order valence-corrected chi connectivity index (χ4v) is 3.17. The van der Waals surface area contributed by atoms with E-state index in [1.807, 2.05) is 55.1 Å². The Kier molecular flexibility index (Phi) is 5.85. The molecule has 1 aromatic heterocycles. The van der Waals surface area contributed by atoms with Gasteiger partial charge in [-0.05, 0) is 38.1 Å². The number of ether oxygens (including phenoxy) is 1. The van der Waals surface area contributed by atoms with E-state index in [0.717, 1.165) is 35.9 Å². The summed E-state index contributed by atoms with van der Waals surface area (Å²) in [7, 11) is 1.65. The lowest BCUT2D eigenvalue weighted by atomic mass is 9.94. The van der Waals surface area contributed by atoms with Crippen LogP contribution in [-0.4, -0.2) is 60.2 Å². The van der Waals surface area contributed by atoms with E-state index in [-0.39, 0.29) is 5.91 Å². The van der Waals surface area contributed by atoms with E-state index in [1.54, 1.807) is 7.11 Å². The second-order valence-electron chi connectivity index (χ2n) is 7.31. The van der Waals surface area contributed by atoms with Gasteiger partial charge < -0.3 is 14.5 Å². The molecule has 0 radical (unpaired) electrons. The van der Waals surface area contributed by atoms with E-state index in [4.69, 9.17) is 16.3 Å². The third-order valence-corrected chi connectivity index (χ3v) is 5.49. The molecule has 6 nitrogen and oxygen atoms in total.